The quantitative estimate of drug-likeness (QED) is 0.847. The average molecular weight is 257 g/mol. The van der Waals surface area contributed by atoms with E-state index in [4.69, 9.17) is 17.3 Å². The summed E-state index contributed by atoms with van der Waals surface area (Å²) in [7, 11) is 0. The smallest absolute Gasteiger partial charge is 0.239 e. The summed E-state index contributed by atoms with van der Waals surface area (Å²) in [5.41, 5.74) is 5.53. The summed E-state index contributed by atoms with van der Waals surface area (Å²) in [6, 6.07) is 3.45. The van der Waals surface area contributed by atoms with Gasteiger partial charge in [0, 0.05) is 10.6 Å². The Labute approximate surface area is 104 Å². The van der Waals surface area contributed by atoms with Gasteiger partial charge in [0.05, 0.1) is 0 Å². The van der Waals surface area contributed by atoms with E-state index in [0.717, 1.165) is 12.8 Å². The first-order valence-corrected chi connectivity index (χ1v) is 5.93. The minimum Gasteiger partial charge on any atom is -0.368 e. The van der Waals surface area contributed by atoms with Crippen LogP contribution in [-0.2, 0) is 4.79 Å². The van der Waals surface area contributed by atoms with Crippen LogP contribution in [0.25, 0.3) is 0 Å². The minimum absolute atomic E-state index is 0.252. The molecule has 0 aromatic heterocycles. The predicted molar refractivity (Wildman–Crippen MR) is 64.1 cm³/mol. The number of carbonyl (C=O) groups excluding carboxylic acids is 1. The SMILES string of the molecule is NC(=O)C(NCC1CC1)c1ccc(Cl)cc1F. The molecule has 2 rings (SSSR count). The Kier molecular flexibility index (Phi) is 3.64. The van der Waals surface area contributed by atoms with E-state index in [1.807, 2.05) is 0 Å². The monoisotopic (exact) mass is 256 g/mol. The zero-order chi connectivity index (χ0) is 12.4. The molecule has 1 aromatic rings. The molecule has 92 valence electrons. The van der Waals surface area contributed by atoms with E-state index in [1.165, 1.54) is 12.1 Å². The number of amides is 1. The molecule has 0 spiro atoms. The fraction of sp³-hybridized carbons (Fsp3) is 0.417. The van der Waals surface area contributed by atoms with Gasteiger partial charge in [-0.1, -0.05) is 17.7 Å². The van der Waals surface area contributed by atoms with Crippen LogP contribution >= 0.6 is 11.6 Å². The van der Waals surface area contributed by atoms with E-state index in [2.05, 4.69) is 5.32 Å². The molecule has 3 N–H and O–H groups in total. The molecule has 3 nitrogen and oxygen atoms in total. The Hall–Kier alpha value is -1.13. The van der Waals surface area contributed by atoms with Crippen molar-refractivity contribution >= 4 is 17.5 Å². The lowest BCUT2D eigenvalue weighted by Gasteiger charge is -2.16. The lowest BCUT2D eigenvalue weighted by molar-refractivity contribution is -0.120. The molecule has 1 aliphatic carbocycles. The zero-order valence-electron chi connectivity index (χ0n) is 9.25. The summed E-state index contributed by atoms with van der Waals surface area (Å²) in [5.74, 6) is -0.497. The van der Waals surface area contributed by atoms with E-state index in [1.54, 1.807) is 6.07 Å². The standard InChI is InChI=1S/C12H14ClFN2O/c13-8-3-4-9(10(14)5-8)11(12(15)17)16-6-7-1-2-7/h3-5,7,11,16H,1-2,6H2,(H2,15,17). The molecule has 0 heterocycles. The molecule has 1 saturated carbocycles. The number of halogens is 2. The molecule has 1 amide bonds. The Morgan fingerprint density at radius 3 is 2.82 bits per heavy atom. The number of benzene rings is 1. The maximum absolute atomic E-state index is 13.7. The highest BCUT2D eigenvalue weighted by atomic mass is 35.5. The first-order valence-electron chi connectivity index (χ1n) is 5.55. The van der Waals surface area contributed by atoms with Gasteiger partial charge in [0.25, 0.3) is 0 Å². The largest absolute Gasteiger partial charge is 0.368 e. The van der Waals surface area contributed by atoms with Crippen molar-refractivity contribution in [2.24, 2.45) is 11.7 Å². The van der Waals surface area contributed by atoms with E-state index < -0.39 is 17.8 Å². The van der Waals surface area contributed by atoms with Gasteiger partial charge in [0.1, 0.15) is 11.9 Å². The molecule has 17 heavy (non-hydrogen) atoms. The van der Waals surface area contributed by atoms with Crippen molar-refractivity contribution < 1.29 is 9.18 Å². The topological polar surface area (TPSA) is 55.1 Å². The Morgan fingerprint density at radius 1 is 1.59 bits per heavy atom. The summed E-state index contributed by atoms with van der Waals surface area (Å²) in [6.07, 6.45) is 2.31. The van der Waals surface area contributed by atoms with Gasteiger partial charge in [-0.05, 0) is 37.4 Å². The average Bonchev–Trinajstić information content (AvgIpc) is 3.04. The Morgan fingerprint density at radius 2 is 2.29 bits per heavy atom. The highest BCUT2D eigenvalue weighted by molar-refractivity contribution is 6.30. The van der Waals surface area contributed by atoms with E-state index in [0.29, 0.717) is 17.5 Å². The van der Waals surface area contributed by atoms with Crippen LogP contribution in [0.3, 0.4) is 0 Å². The second-order valence-corrected chi connectivity index (χ2v) is 4.79. The number of rotatable bonds is 5. The molecule has 0 bridgehead atoms. The van der Waals surface area contributed by atoms with Crippen LogP contribution in [0, 0.1) is 11.7 Å². The fourth-order valence-corrected chi connectivity index (χ4v) is 1.86. The highest BCUT2D eigenvalue weighted by Gasteiger charge is 2.26. The maximum atomic E-state index is 13.7. The van der Waals surface area contributed by atoms with Gasteiger partial charge in [-0.3, -0.25) is 4.79 Å². The van der Waals surface area contributed by atoms with Crippen molar-refractivity contribution in [3.8, 4) is 0 Å². The Bertz CT molecular complexity index is 435. The number of nitrogens with two attached hydrogens (primary N) is 1. The van der Waals surface area contributed by atoms with Crippen molar-refractivity contribution in [1.29, 1.82) is 0 Å². The van der Waals surface area contributed by atoms with Gasteiger partial charge in [-0.2, -0.15) is 0 Å². The van der Waals surface area contributed by atoms with Crippen LogP contribution in [-0.4, -0.2) is 12.5 Å². The summed E-state index contributed by atoms with van der Waals surface area (Å²) in [6.45, 7) is 0.690. The van der Waals surface area contributed by atoms with Crippen LogP contribution in [0.2, 0.25) is 5.02 Å². The molecule has 1 aromatic carbocycles. The third-order valence-electron chi connectivity index (χ3n) is 2.87. The number of carbonyl (C=O) groups is 1. The number of primary amides is 1. The van der Waals surface area contributed by atoms with Gasteiger partial charge >= 0.3 is 0 Å². The summed E-state index contributed by atoms with van der Waals surface area (Å²) >= 11 is 5.66. The van der Waals surface area contributed by atoms with Crippen molar-refractivity contribution in [1.82, 2.24) is 5.32 Å². The minimum atomic E-state index is -0.784. The lowest BCUT2D eigenvalue weighted by atomic mass is 10.1. The number of nitrogens with one attached hydrogen (secondary N) is 1. The number of hydrogen-bond donors (Lipinski definition) is 2. The molecule has 0 radical (unpaired) electrons. The van der Waals surface area contributed by atoms with E-state index >= 15 is 0 Å². The molecule has 1 fully saturated rings. The van der Waals surface area contributed by atoms with Crippen molar-refractivity contribution in [3.05, 3.63) is 34.6 Å². The van der Waals surface area contributed by atoms with E-state index in [9.17, 15) is 9.18 Å². The van der Waals surface area contributed by atoms with Gasteiger partial charge in [-0.15, -0.1) is 0 Å². The molecular formula is C12H14ClFN2O. The van der Waals surface area contributed by atoms with Crippen molar-refractivity contribution in [3.63, 3.8) is 0 Å². The third kappa shape index (κ3) is 3.17. The van der Waals surface area contributed by atoms with Crippen LogP contribution in [0.5, 0.6) is 0 Å². The number of hydrogen-bond acceptors (Lipinski definition) is 2. The predicted octanol–water partition coefficient (Wildman–Crippen LogP) is 2.01. The van der Waals surface area contributed by atoms with Crippen molar-refractivity contribution in [2.75, 3.05) is 6.54 Å². The van der Waals surface area contributed by atoms with Gasteiger partial charge in [-0.25, -0.2) is 4.39 Å². The normalized spacial score (nSPS) is 16.8. The van der Waals surface area contributed by atoms with Crippen LogP contribution in [0.4, 0.5) is 4.39 Å². The lowest BCUT2D eigenvalue weighted by Crippen LogP contribution is -2.35. The summed E-state index contributed by atoms with van der Waals surface area (Å²) < 4.78 is 13.7. The molecule has 1 unspecified atom stereocenters. The first kappa shape index (κ1) is 12.3. The molecule has 5 heteroatoms. The van der Waals surface area contributed by atoms with E-state index in [-0.39, 0.29) is 5.56 Å². The second-order valence-electron chi connectivity index (χ2n) is 4.35. The molecule has 0 aliphatic heterocycles. The van der Waals surface area contributed by atoms with Gasteiger partial charge in [0.2, 0.25) is 5.91 Å². The second kappa shape index (κ2) is 5.02. The van der Waals surface area contributed by atoms with Crippen molar-refractivity contribution in [2.45, 2.75) is 18.9 Å². The molecular weight excluding hydrogens is 243 g/mol. The molecule has 1 aliphatic rings. The van der Waals surface area contributed by atoms with Crippen LogP contribution < -0.4 is 11.1 Å². The summed E-state index contributed by atoms with van der Waals surface area (Å²) in [5, 5.41) is 3.30. The third-order valence-corrected chi connectivity index (χ3v) is 3.10. The molecule has 0 saturated heterocycles. The van der Waals surface area contributed by atoms with Crippen LogP contribution in [0.15, 0.2) is 18.2 Å². The maximum Gasteiger partial charge on any atom is 0.239 e. The van der Waals surface area contributed by atoms with Gasteiger partial charge < -0.3 is 11.1 Å². The highest BCUT2D eigenvalue weighted by Crippen LogP contribution is 2.29. The zero-order valence-corrected chi connectivity index (χ0v) is 10.0. The first-order chi connectivity index (χ1) is 8.08. The van der Waals surface area contributed by atoms with Crippen LogP contribution in [0.1, 0.15) is 24.4 Å². The fourth-order valence-electron chi connectivity index (χ4n) is 1.71. The Balaban J connectivity index is 2.15. The molecule has 1 atom stereocenters. The summed E-state index contributed by atoms with van der Waals surface area (Å²) in [4.78, 5) is 11.3. The van der Waals surface area contributed by atoms with Gasteiger partial charge in [0.15, 0.2) is 0 Å².